The normalized spacial score (nSPS) is 12.2. The topological polar surface area (TPSA) is 127 Å². The minimum atomic E-state index is -3.92. The summed E-state index contributed by atoms with van der Waals surface area (Å²) in [6.45, 7) is 3.45. The lowest BCUT2D eigenvalue weighted by molar-refractivity contribution is 0.102. The van der Waals surface area contributed by atoms with E-state index in [-0.39, 0.29) is 15.4 Å². The first-order chi connectivity index (χ1) is 12.3. The lowest BCUT2D eigenvalue weighted by Crippen LogP contribution is -2.22. The van der Waals surface area contributed by atoms with Gasteiger partial charge >= 0.3 is 0 Å². The first kappa shape index (κ1) is 21.0. The number of sulfonamides is 2. The van der Waals surface area contributed by atoms with Crippen molar-refractivity contribution in [3.8, 4) is 0 Å². The minimum absolute atomic E-state index is 0.0623. The summed E-state index contributed by atoms with van der Waals surface area (Å²) in [5, 5.41) is 7.81. The number of hydrogen-bond donors (Lipinski definition) is 2. The molecule has 0 aliphatic carbocycles. The van der Waals surface area contributed by atoms with Crippen LogP contribution in [0.4, 0.5) is 5.69 Å². The van der Waals surface area contributed by atoms with Gasteiger partial charge in [-0.2, -0.15) is 0 Å². The van der Waals surface area contributed by atoms with E-state index < -0.39 is 26.0 Å². The van der Waals surface area contributed by atoms with Crippen LogP contribution in [0.2, 0.25) is 0 Å². The highest BCUT2D eigenvalue weighted by Crippen LogP contribution is 2.24. The van der Waals surface area contributed by atoms with Gasteiger partial charge in [0.15, 0.2) is 0 Å². The van der Waals surface area contributed by atoms with Gasteiger partial charge in [-0.1, -0.05) is 0 Å². The molecule has 3 N–H and O–H groups in total. The van der Waals surface area contributed by atoms with Crippen molar-refractivity contribution in [2.45, 2.75) is 23.6 Å². The number of nitrogens with zero attached hydrogens (tertiary/aromatic N) is 1. The number of benzene rings is 2. The average Bonchev–Trinajstić information content (AvgIpc) is 2.57. The Labute approximate surface area is 159 Å². The van der Waals surface area contributed by atoms with Gasteiger partial charge in [0.25, 0.3) is 5.91 Å². The number of primary sulfonamides is 1. The predicted octanol–water partition coefficient (Wildman–Crippen LogP) is 1.45. The molecule has 0 fully saturated rings. The summed E-state index contributed by atoms with van der Waals surface area (Å²) < 4.78 is 48.4. The second kappa shape index (κ2) is 7.39. The van der Waals surface area contributed by atoms with Crippen molar-refractivity contribution in [1.29, 1.82) is 0 Å². The Kier molecular flexibility index (Phi) is 5.76. The molecule has 0 spiro atoms. The van der Waals surface area contributed by atoms with Gasteiger partial charge in [0.1, 0.15) is 0 Å². The van der Waals surface area contributed by atoms with E-state index in [9.17, 15) is 21.6 Å². The fourth-order valence-electron chi connectivity index (χ4n) is 2.30. The summed E-state index contributed by atoms with van der Waals surface area (Å²) in [4.78, 5) is 12.4. The molecule has 27 heavy (non-hydrogen) atoms. The van der Waals surface area contributed by atoms with Crippen molar-refractivity contribution in [2.75, 3.05) is 19.4 Å². The van der Waals surface area contributed by atoms with Gasteiger partial charge < -0.3 is 5.32 Å². The van der Waals surface area contributed by atoms with E-state index in [1.54, 1.807) is 13.8 Å². The molecule has 0 bridgehead atoms. The third-order valence-corrected chi connectivity index (χ3v) is 6.83. The van der Waals surface area contributed by atoms with E-state index in [2.05, 4.69) is 5.32 Å². The zero-order chi connectivity index (χ0) is 20.6. The highest BCUT2D eigenvalue weighted by Gasteiger charge is 2.18. The summed E-state index contributed by atoms with van der Waals surface area (Å²) >= 11 is 0. The molecule has 2 aromatic carbocycles. The lowest BCUT2D eigenvalue weighted by Gasteiger charge is -2.14. The molecule has 146 valence electrons. The zero-order valence-electron chi connectivity index (χ0n) is 15.3. The molecule has 0 aromatic heterocycles. The Morgan fingerprint density at radius 3 is 2.00 bits per heavy atom. The van der Waals surface area contributed by atoms with Crippen LogP contribution in [-0.4, -0.2) is 41.1 Å². The molecule has 8 nitrogen and oxygen atoms in total. The number of aryl methyl sites for hydroxylation is 1. The van der Waals surface area contributed by atoms with Crippen LogP contribution in [0.5, 0.6) is 0 Å². The number of hydrogen-bond acceptors (Lipinski definition) is 5. The summed E-state index contributed by atoms with van der Waals surface area (Å²) in [6.07, 6.45) is 0. The number of anilines is 1. The SMILES string of the molecule is Cc1cc(S(N)(=O)=O)cc(NC(=O)c2ccc(S(=O)(=O)N(C)C)cc2)c1C. The molecule has 0 aliphatic heterocycles. The van der Waals surface area contributed by atoms with Crippen molar-refractivity contribution in [1.82, 2.24) is 4.31 Å². The summed E-state index contributed by atoms with van der Waals surface area (Å²) in [5.41, 5.74) is 1.89. The van der Waals surface area contributed by atoms with Crippen molar-refractivity contribution in [3.63, 3.8) is 0 Å². The highest BCUT2D eigenvalue weighted by molar-refractivity contribution is 7.89. The Balaban J connectivity index is 2.35. The molecule has 0 saturated carbocycles. The van der Waals surface area contributed by atoms with E-state index in [1.165, 1.54) is 50.5 Å². The molecular formula is C17H21N3O5S2. The quantitative estimate of drug-likeness (QED) is 0.770. The minimum Gasteiger partial charge on any atom is -0.322 e. The van der Waals surface area contributed by atoms with E-state index in [4.69, 9.17) is 5.14 Å². The molecular weight excluding hydrogens is 390 g/mol. The van der Waals surface area contributed by atoms with Crippen molar-refractivity contribution < 1.29 is 21.6 Å². The van der Waals surface area contributed by atoms with Crippen LogP contribution < -0.4 is 10.5 Å². The van der Waals surface area contributed by atoms with Gasteiger partial charge in [0, 0.05) is 25.3 Å². The lowest BCUT2D eigenvalue weighted by atomic mass is 10.1. The van der Waals surface area contributed by atoms with Crippen LogP contribution in [0.1, 0.15) is 21.5 Å². The van der Waals surface area contributed by atoms with Crippen LogP contribution in [0.25, 0.3) is 0 Å². The second-order valence-electron chi connectivity index (χ2n) is 6.22. The average molecular weight is 412 g/mol. The third kappa shape index (κ3) is 4.53. The molecule has 2 aromatic rings. The van der Waals surface area contributed by atoms with Crippen LogP contribution in [-0.2, 0) is 20.0 Å². The van der Waals surface area contributed by atoms with Gasteiger partial charge in [-0.15, -0.1) is 0 Å². The van der Waals surface area contributed by atoms with E-state index >= 15 is 0 Å². The highest BCUT2D eigenvalue weighted by atomic mass is 32.2. The van der Waals surface area contributed by atoms with Crippen molar-refractivity contribution >= 4 is 31.6 Å². The van der Waals surface area contributed by atoms with Gasteiger partial charge in [-0.25, -0.2) is 26.3 Å². The van der Waals surface area contributed by atoms with Gasteiger partial charge in [0.2, 0.25) is 20.0 Å². The fourth-order valence-corrected chi connectivity index (χ4v) is 3.83. The van der Waals surface area contributed by atoms with Gasteiger partial charge in [-0.3, -0.25) is 4.79 Å². The Morgan fingerprint density at radius 1 is 0.963 bits per heavy atom. The van der Waals surface area contributed by atoms with Crippen LogP contribution >= 0.6 is 0 Å². The van der Waals surface area contributed by atoms with Crippen LogP contribution in [0.3, 0.4) is 0 Å². The summed E-state index contributed by atoms with van der Waals surface area (Å²) in [7, 11) is -4.68. The molecule has 0 heterocycles. The second-order valence-corrected chi connectivity index (χ2v) is 9.94. The summed E-state index contributed by atoms with van der Waals surface area (Å²) in [5.74, 6) is -0.502. The Bertz CT molecular complexity index is 1090. The third-order valence-electron chi connectivity index (χ3n) is 4.11. The largest absolute Gasteiger partial charge is 0.322 e. The standard InChI is InChI=1S/C17H21N3O5S2/c1-11-9-15(26(18,22)23)10-16(12(11)2)19-17(21)13-5-7-14(8-6-13)27(24,25)20(3)4/h5-10H,1-4H3,(H,19,21)(H2,18,22,23). The molecule has 0 atom stereocenters. The smallest absolute Gasteiger partial charge is 0.255 e. The number of rotatable bonds is 5. The van der Waals surface area contributed by atoms with Gasteiger partial charge in [-0.05, 0) is 61.4 Å². The monoisotopic (exact) mass is 411 g/mol. The Hall–Kier alpha value is -2.27. The van der Waals surface area contributed by atoms with Crippen molar-refractivity contribution in [3.05, 3.63) is 53.1 Å². The maximum Gasteiger partial charge on any atom is 0.255 e. The van der Waals surface area contributed by atoms with Crippen LogP contribution in [0.15, 0.2) is 46.2 Å². The molecule has 0 radical (unpaired) electrons. The first-order valence-corrected chi connectivity index (χ1v) is 10.8. The molecule has 0 aliphatic rings. The number of carbonyl (C=O) groups is 1. The number of nitrogens with one attached hydrogen (secondary N) is 1. The maximum absolute atomic E-state index is 12.5. The van der Waals surface area contributed by atoms with E-state index in [0.717, 1.165) is 4.31 Å². The molecule has 1 amide bonds. The van der Waals surface area contributed by atoms with Gasteiger partial charge in [0.05, 0.1) is 9.79 Å². The molecule has 0 saturated heterocycles. The zero-order valence-corrected chi connectivity index (χ0v) is 17.0. The number of carbonyl (C=O) groups excluding carboxylic acids is 1. The maximum atomic E-state index is 12.5. The first-order valence-electron chi connectivity index (χ1n) is 7.82. The fraction of sp³-hybridized carbons (Fsp3) is 0.235. The summed E-state index contributed by atoms with van der Waals surface area (Å²) in [6, 6.07) is 8.17. The van der Waals surface area contributed by atoms with Crippen LogP contribution in [0, 0.1) is 13.8 Å². The number of nitrogens with two attached hydrogens (primary N) is 1. The Morgan fingerprint density at radius 2 is 1.52 bits per heavy atom. The number of amides is 1. The van der Waals surface area contributed by atoms with E-state index in [0.29, 0.717) is 16.8 Å². The van der Waals surface area contributed by atoms with E-state index in [1.807, 2.05) is 0 Å². The molecule has 0 unspecified atom stereocenters. The van der Waals surface area contributed by atoms with Crippen molar-refractivity contribution in [2.24, 2.45) is 5.14 Å². The molecule has 10 heteroatoms. The molecule has 2 rings (SSSR count). The predicted molar refractivity (Wildman–Crippen MR) is 103 cm³/mol.